The molecule has 1 rings (SSSR count). The maximum Gasteiger partial charge on any atom is 0.308 e. The fraction of sp³-hybridized carbons (Fsp3) is 0.958. The first-order valence-corrected chi connectivity index (χ1v) is 11.8. The molecular weight excluding hydrogens is 350 g/mol. The molecule has 1 unspecified atom stereocenters. The molecule has 4 nitrogen and oxygen atoms in total. The Bertz CT molecular complexity index is 429. The van der Waals surface area contributed by atoms with Crippen LogP contribution in [0.3, 0.4) is 0 Å². The highest BCUT2D eigenvalue weighted by Gasteiger charge is 2.47. The molecule has 0 amide bonds. The standard InChI is InChI=1S/C24H47NO3/c1-8-10-11-12-13-14-15-16-17-27-25-23(4,5)18-21(19-24(25,6)7)28-22(26)20(3)9-2/h20-21H,8-19H2,1-7H3. The molecule has 0 aromatic heterocycles. The van der Waals surface area contributed by atoms with Crippen molar-refractivity contribution >= 4 is 5.97 Å². The molecular formula is C24H47NO3. The minimum absolute atomic E-state index is 0.0255. The van der Waals surface area contributed by atoms with Gasteiger partial charge in [-0.25, -0.2) is 0 Å². The topological polar surface area (TPSA) is 38.8 Å². The van der Waals surface area contributed by atoms with E-state index in [-0.39, 0.29) is 29.1 Å². The van der Waals surface area contributed by atoms with Crippen LogP contribution in [0.4, 0.5) is 0 Å². The molecule has 28 heavy (non-hydrogen) atoms. The summed E-state index contributed by atoms with van der Waals surface area (Å²) in [6.07, 6.45) is 12.9. The van der Waals surface area contributed by atoms with Crippen LogP contribution in [0.15, 0.2) is 0 Å². The van der Waals surface area contributed by atoms with Crippen molar-refractivity contribution in [1.29, 1.82) is 0 Å². The average molecular weight is 398 g/mol. The molecule has 1 aliphatic heterocycles. The minimum Gasteiger partial charge on any atom is -0.462 e. The maximum atomic E-state index is 12.2. The minimum atomic E-state index is -0.150. The maximum absolute atomic E-state index is 12.2. The largest absolute Gasteiger partial charge is 0.462 e. The fourth-order valence-electron chi connectivity index (χ4n) is 4.44. The Morgan fingerprint density at radius 3 is 1.93 bits per heavy atom. The Morgan fingerprint density at radius 2 is 1.43 bits per heavy atom. The van der Waals surface area contributed by atoms with Gasteiger partial charge in [0, 0.05) is 23.9 Å². The van der Waals surface area contributed by atoms with Crippen molar-refractivity contribution in [2.45, 2.75) is 136 Å². The monoisotopic (exact) mass is 397 g/mol. The highest BCUT2D eigenvalue weighted by atomic mass is 16.7. The van der Waals surface area contributed by atoms with Gasteiger partial charge in [0.1, 0.15) is 6.10 Å². The number of hydrogen-bond acceptors (Lipinski definition) is 4. The van der Waals surface area contributed by atoms with Crippen molar-refractivity contribution < 1.29 is 14.4 Å². The molecule has 0 spiro atoms. The smallest absolute Gasteiger partial charge is 0.308 e. The summed E-state index contributed by atoms with van der Waals surface area (Å²) in [7, 11) is 0. The average Bonchev–Trinajstić information content (AvgIpc) is 2.60. The third-order valence-electron chi connectivity index (χ3n) is 6.07. The number of hydroxylamine groups is 2. The van der Waals surface area contributed by atoms with Gasteiger partial charge in [-0.05, 0) is 40.5 Å². The van der Waals surface area contributed by atoms with E-state index < -0.39 is 0 Å². The van der Waals surface area contributed by atoms with Gasteiger partial charge in [-0.3, -0.25) is 9.63 Å². The molecule has 1 fully saturated rings. The zero-order valence-electron chi connectivity index (χ0n) is 19.8. The third-order valence-corrected chi connectivity index (χ3v) is 6.07. The number of ether oxygens (including phenoxy) is 1. The number of piperidine rings is 1. The van der Waals surface area contributed by atoms with Crippen molar-refractivity contribution in [3.8, 4) is 0 Å². The van der Waals surface area contributed by atoms with Gasteiger partial charge in [0.05, 0.1) is 12.5 Å². The molecule has 1 aliphatic rings. The summed E-state index contributed by atoms with van der Waals surface area (Å²) in [5, 5.41) is 2.18. The molecule has 0 bridgehead atoms. The lowest BCUT2D eigenvalue weighted by atomic mass is 9.80. The molecule has 4 heteroatoms. The van der Waals surface area contributed by atoms with Crippen LogP contribution in [-0.2, 0) is 14.4 Å². The van der Waals surface area contributed by atoms with Gasteiger partial charge in [0.25, 0.3) is 0 Å². The first-order valence-electron chi connectivity index (χ1n) is 11.8. The summed E-state index contributed by atoms with van der Waals surface area (Å²) in [6, 6.07) is 0. The van der Waals surface area contributed by atoms with E-state index in [1.54, 1.807) is 0 Å². The lowest BCUT2D eigenvalue weighted by Crippen LogP contribution is -2.62. The van der Waals surface area contributed by atoms with Crippen LogP contribution >= 0.6 is 0 Å². The predicted molar refractivity (Wildman–Crippen MR) is 117 cm³/mol. The lowest BCUT2D eigenvalue weighted by Gasteiger charge is -2.53. The second-order valence-corrected chi connectivity index (χ2v) is 10.0. The number of nitrogens with zero attached hydrogens (tertiary/aromatic N) is 1. The first-order chi connectivity index (χ1) is 13.1. The summed E-state index contributed by atoms with van der Waals surface area (Å²) in [5.41, 5.74) is -0.301. The summed E-state index contributed by atoms with van der Waals surface area (Å²) >= 11 is 0. The second-order valence-electron chi connectivity index (χ2n) is 10.0. The Balaban J connectivity index is 2.41. The van der Waals surface area contributed by atoms with Crippen LogP contribution in [0.1, 0.15) is 119 Å². The van der Waals surface area contributed by atoms with Gasteiger partial charge >= 0.3 is 5.97 Å². The van der Waals surface area contributed by atoms with Crippen LogP contribution in [0.2, 0.25) is 0 Å². The molecule has 0 aromatic carbocycles. The molecule has 1 atom stereocenters. The van der Waals surface area contributed by atoms with Crippen LogP contribution in [0.5, 0.6) is 0 Å². The molecule has 0 aliphatic carbocycles. The predicted octanol–water partition coefficient (Wildman–Crippen LogP) is 6.67. The highest BCUT2D eigenvalue weighted by Crippen LogP contribution is 2.40. The van der Waals surface area contributed by atoms with Gasteiger partial charge in [-0.2, -0.15) is 5.06 Å². The van der Waals surface area contributed by atoms with Gasteiger partial charge in [-0.1, -0.05) is 65.7 Å². The normalized spacial score (nSPS) is 20.8. The first kappa shape index (κ1) is 25.4. The van der Waals surface area contributed by atoms with Gasteiger partial charge in [0.2, 0.25) is 0 Å². The van der Waals surface area contributed by atoms with Gasteiger partial charge in [-0.15, -0.1) is 0 Å². The van der Waals surface area contributed by atoms with E-state index in [9.17, 15) is 4.79 Å². The Morgan fingerprint density at radius 1 is 0.929 bits per heavy atom. The molecule has 0 saturated carbocycles. The SMILES string of the molecule is CCCCCCCCCCON1C(C)(C)CC(OC(=O)C(C)CC)CC1(C)C. The number of carbonyl (C=O) groups excluding carboxylic acids is 1. The van der Waals surface area contributed by atoms with Gasteiger partial charge in [0.15, 0.2) is 0 Å². The summed E-state index contributed by atoms with van der Waals surface area (Å²) in [4.78, 5) is 18.5. The van der Waals surface area contributed by atoms with Gasteiger partial charge < -0.3 is 4.74 Å². The van der Waals surface area contributed by atoms with E-state index in [0.717, 1.165) is 32.3 Å². The zero-order valence-corrected chi connectivity index (χ0v) is 19.8. The Kier molecular flexibility index (Phi) is 11.1. The highest BCUT2D eigenvalue weighted by molar-refractivity contribution is 5.72. The zero-order chi connectivity index (χ0) is 21.2. The molecule has 0 radical (unpaired) electrons. The van der Waals surface area contributed by atoms with Crippen molar-refractivity contribution in [3.63, 3.8) is 0 Å². The molecule has 0 N–H and O–H groups in total. The second kappa shape index (κ2) is 12.2. The molecule has 0 aromatic rings. The molecule has 1 heterocycles. The summed E-state index contributed by atoms with van der Waals surface area (Å²) in [5.74, 6) is -0.0881. The number of unbranched alkanes of at least 4 members (excludes halogenated alkanes) is 7. The van der Waals surface area contributed by atoms with E-state index in [4.69, 9.17) is 9.57 Å². The van der Waals surface area contributed by atoms with E-state index >= 15 is 0 Å². The summed E-state index contributed by atoms with van der Waals surface area (Å²) < 4.78 is 5.84. The van der Waals surface area contributed by atoms with E-state index in [1.807, 2.05) is 13.8 Å². The van der Waals surface area contributed by atoms with Crippen molar-refractivity contribution in [3.05, 3.63) is 0 Å². The third kappa shape index (κ3) is 8.41. The number of carbonyl (C=O) groups is 1. The number of rotatable bonds is 13. The van der Waals surface area contributed by atoms with Crippen LogP contribution in [0.25, 0.3) is 0 Å². The fourth-order valence-corrected chi connectivity index (χ4v) is 4.44. The van der Waals surface area contributed by atoms with Crippen molar-refractivity contribution in [1.82, 2.24) is 5.06 Å². The van der Waals surface area contributed by atoms with E-state index in [2.05, 4.69) is 39.7 Å². The van der Waals surface area contributed by atoms with Crippen LogP contribution in [-0.4, -0.2) is 34.8 Å². The molecule has 1 saturated heterocycles. The van der Waals surface area contributed by atoms with Crippen LogP contribution < -0.4 is 0 Å². The number of esters is 1. The van der Waals surface area contributed by atoms with Crippen molar-refractivity contribution in [2.24, 2.45) is 5.92 Å². The molecule has 166 valence electrons. The van der Waals surface area contributed by atoms with E-state index in [1.165, 1.54) is 44.9 Å². The quantitative estimate of drug-likeness (QED) is 0.257. The Hall–Kier alpha value is -0.610. The Labute approximate surface area is 174 Å². The van der Waals surface area contributed by atoms with Crippen LogP contribution in [0, 0.1) is 5.92 Å². The number of hydrogen-bond donors (Lipinski definition) is 0. The lowest BCUT2D eigenvalue weighted by molar-refractivity contribution is -0.293. The van der Waals surface area contributed by atoms with Crippen molar-refractivity contribution in [2.75, 3.05) is 6.61 Å². The summed E-state index contributed by atoms with van der Waals surface area (Å²) in [6.45, 7) is 15.8. The van der Waals surface area contributed by atoms with E-state index in [0.29, 0.717) is 0 Å².